The predicted octanol–water partition coefficient (Wildman–Crippen LogP) is 1.18. The molecule has 1 aromatic heterocycles. The Bertz CT molecular complexity index is 419. The molecule has 0 aliphatic carbocycles. The van der Waals surface area contributed by atoms with Crippen molar-refractivity contribution in [3.63, 3.8) is 0 Å². The van der Waals surface area contributed by atoms with Gasteiger partial charge in [0.15, 0.2) is 5.84 Å². The number of hydrogen-bond acceptors (Lipinski definition) is 4. The van der Waals surface area contributed by atoms with E-state index < -0.39 is 5.41 Å². The third kappa shape index (κ3) is 2.72. The number of rotatable bonds is 4. The third-order valence-electron chi connectivity index (χ3n) is 2.80. The number of nitrogens with zero attached hydrogens (tertiary/aromatic N) is 2. The van der Waals surface area contributed by atoms with Crippen LogP contribution in [0.25, 0.3) is 0 Å². The number of nitrogens with one attached hydrogen (secondary N) is 1. The molecule has 0 aliphatic rings. The van der Waals surface area contributed by atoms with E-state index in [1.165, 1.54) is 6.20 Å². The molecule has 1 unspecified atom stereocenters. The summed E-state index contributed by atoms with van der Waals surface area (Å²) in [6.45, 7) is 3.41. The maximum atomic E-state index is 12.1. The largest absolute Gasteiger partial charge is 0.409 e. The topological polar surface area (TPSA) is 101 Å². The lowest BCUT2D eigenvalue weighted by Crippen LogP contribution is -2.44. The molecular weight excluding hydrogens is 220 g/mol. The average molecular weight is 236 g/mol. The summed E-state index contributed by atoms with van der Waals surface area (Å²) < 4.78 is 0. The van der Waals surface area contributed by atoms with Crippen LogP contribution in [0.5, 0.6) is 0 Å². The van der Waals surface area contributed by atoms with Gasteiger partial charge in [0, 0.05) is 6.20 Å². The number of amides is 1. The van der Waals surface area contributed by atoms with Crippen molar-refractivity contribution in [3.8, 4) is 0 Å². The van der Waals surface area contributed by atoms with Crippen molar-refractivity contribution < 1.29 is 10.0 Å². The monoisotopic (exact) mass is 236 g/mol. The van der Waals surface area contributed by atoms with Crippen molar-refractivity contribution in [2.75, 3.05) is 5.32 Å². The number of oxime groups is 1. The van der Waals surface area contributed by atoms with Gasteiger partial charge in [0.05, 0.1) is 11.9 Å². The first-order valence-electron chi connectivity index (χ1n) is 5.24. The molecule has 0 aliphatic heterocycles. The van der Waals surface area contributed by atoms with Crippen LogP contribution in [0.1, 0.15) is 20.3 Å². The first kappa shape index (κ1) is 13.0. The third-order valence-corrected chi connectivity index (χ3v) is 2.80. The lowest BCUT2D eigenvalue weighted by molar-refractivity contribution is -0.121. The summed E-state index contributed by atoms with van der Waals surface area (Å²) in [5.74, 6) is -0.440. The van der Waals surface area contributed by atoms with Crippen LogP contribution in [0, 0.1) is 5.41 Å². The Labute approximate surface area is 99.5 Å². The molecule has 1 atom stereocenters. The SMILES string of the molecule is CCC(C)(C(=O)Nc1cccnc1)/C(N)=N/O. The van der Waals surface area contributed by atoms with Crippen LogP contribution in [0.15, 0.2) is 29.7 Å². The second-order valence-electron chi connectivity index (χ2n) is 3.87. The molecule has 0 aromatic carbocycles. The minimum atomic E-state index is -1.04. The molecule has 0 radical (unpaired) electrons. The van der Waals surface area contributed by atoms with Crippen molar-refractivity contribution in [1.82, 2.24) is 4.98 Å². The van der Waals surface area contributed by atoms with Crippen molar-refractivity contribution in [2.24, 2.45) is 16.3 Å². The minimum Gasteiger partial charge on any atom is -0.409 e. The zero-order valence-corrected chi connectivity index (χ0v) is 9.84. The highest BCUT2D eigenvalue weighted by molar-refractivity contribution is 6.11. The Morgan fingerprint density at radius 2 is 2.41 bits per heavy atom. The number of hydrogen-bond donors (Lipinski definition) is 3. The average Bonchev–Trinajstić information content (AvgIpc) is 2.37. The first-order valence-corrected chi connectivity index (χ1v) is 5.24. The molecule has 1 rings (SSSR count). The second-order valence-corrected chi connectivity index (χ2v) is 3.87. The van der Waals surface area contributed by atoms with Gasteiger partial charge in [0.1, 0.15) is 5.41 Å². The molecule has 6 heteroatoms. The Balaban J connectivity index is 2.89. The van der Waals surface area contributed by atoms with E-state index in [4.69, 9.17) is 10.9 Å². The van der Waals surface area contributed by atoms with Crippen LogP contribution in [-0.2, 0) is 4.79 Å². The van der Waals surface area contributed by atoms with E-state index in [1.54, 1.807) is 32.2 Å². The van der Waals surface area contributed by atoms with E-state index in [-0.39, 0.29) is 11.7 Å². The predicted molar refractivity (Wildman–Crippen MR) is 64.7 cm³/mol. The first-order chi connectivity index (χ1) is 8.04. The van der Waals surface area contributed by atoms with E-state index >= 15 is 0 Å². The standard InChI is InChI=1S/C11H16N4O2/c1-3-11(2,9(12)15-17)10(16)14-8-5-4-6-13-7-8/h4-7,17H,3H2,1-2H3,(H2,12,15)(H,14,16). The van der Waals surface area contributed by atoms with E-state index in [9.17, 15) is 4.79 Å². The van der Waals surface area contributed by atoms with Gasteiger partial charge in [-0.2, -0.15) is 0 Å². The van der Waals surface area contributed by atoms with Crippen molar-refractivity contribution in [1.29, 1.82) is 0 Å². The quantitative estimate of drug-likeness (QED) is 0.316. The molecule has 4 N–H and O–H groups in total. The molecule has 0 bridgehead atoms. The second kappa shape index (κ2) is 5.29. The molecule has 1 aromatic rings. The maximum Gasteiger partial charge on any atom is 0.238 e. The molecule has 1 amide bonds. The smallest absolute Gasteiger partial charge is 0.238 e. The summed E-state index contributed by atoms with van der Waals surface area (Å²) in [4.78, 5) is 15.9. The lowest BCUT2D eigenvalue weighted by atomic mass is 9.85. The van der Waals surface area contributed by atoms with E-state index in [0.717, 1.165) is 0 Å². The fraction of sp³-hybridized carbons (Fsp3) is 0.364. The van der Waals surface area contributed by atoms with Crippen LogP contribution >= 0.6 is 0 Å². The molecule has 0 saturated carbocycles. The minimum absolute atomic E-state index is 0.110. The van der Waals surface area contributed by atoms with Gasteiger partial charge >= 0.3 is 0 Å². The summed E-state index contributed by atoms with van der Waals surface area (Å²) in [5.41, 5.74) is 5.08. The number of nitrogens with two attached hydrogens (primary N) is 1. The normalized spacial score (nSPS) is 15.1. The van der Waals surface area contributed by atoms with Gasteiger partial charge in [-0.3, -0.25) is 9.78 Å². The fourth-order valence-corrected chi connectivity index (χ4v) is 1.27. The summed E-state index contributed by atoms with van der Waals surface area (Å²) in [7, 11) is 0. The highest BCUT2D eigenvalue weighted by atomic mass is 16.4. The van der Waals surface area contributed by atoms with Crippen LogP contribution in [0.2, 0.25) is 0 Å². The van der Waals surface area contributed by atoms with Gasteiger partial charge < -0.3 is 16.3 Å². The highest BCUT2D eigenvalue weighted by Gasteiger charge is 2.36. The zero-order chi connectivity index (χ0) is 12.9. The lowest BCUT2D eigenvalue weighted by Gasteiger charge is -2.25. The number of anilines is 1. The molecule has 92 valence electrons. The molecule has 1 heterocycles. The van der Waals surface area contributed by atoms with Gasteiger partial charge in [-0.1, -0.05) is 12.1 Å². The number of carbonyl (C=O) groups is 1. The Hall–Kier alpha value is -2.11. The summed E-state index contributed by atoms with van der Waals surface area (Å²) in [6, 6.07) is 3.43. The van der Waals surface area contributed by atoms with Gasteiger partial charge in [0.25, 0.3) is 0 Å². The van der Waals surface area contributed by atoms with Crippen molar-refractivity contribution >= 4 is 17.4 Å². The molecule has 0 saturated heterocycles. The van der Waals surface area contributed by atoms with E-state index in [2.05, 4.69) is 15.5 Å². The summed E-state index contributed by atoms with van der Waals surface area (Å²) in [5, 5.41) is 14.3. The molecular formula is C11H16N4O2. The van der Waals surface area contributed by atoms with Gasteiger partial charge in [-0.25, -0.2) is 0 Å². The fourth-order valence-electron chi connectivity index (χ4n) is 1.27. The molecule has 0 spiro atoms. The van der Waals surface area contributed by atoms with E-state index in [1.807, 2.05) is 0 Å². The molecule has 6 nitrogen and oxygen atoms in total. The Morgan fingerprint density at radius 3 is 2.88 bits per heavy atom. The van der Waals surface area contributed by atoms with Crippen molar-refractivity contribution in [2.45, 2.75) is 20.3 Å². The van der Waals surface area contributed by atoms with Crippen LogP contribution < -0.4 is 11.1 Å². The number of pyridine rings is 1. The van der Waals surface area contributed by atoms with Crippen LogP contribution in [0.4, 0.5) is 5.69 Å². The van der Waals surface area contributed by atoms with Crippen molar-refractivity contribution in [3.05, 3.63) is 24.5 Å². The number of amidine groups is 1. The van der Waals surface area contributed by atoms with Gasteiger partial charge in [-0.05, 0) is 25.5 Å². The summed E-state index contributed by atoms with van der Waals surface area (Å²) >= 11 is 0. The number of carbonyl (C=O) groups excluding carboxylic acids is 1. The Kier molecular flexibility index (Phi) is 4.03. The molecule has 0 fully saturated rings. The Morgan fingerprint density at radius 1 is 1.71 bits per heavy atom. The van der Waals surface area contributed by atoms with E-state index in [0.29, 0.717) is 12.1 Å². The zero-order valence-electron chi connectivity index (χ0n) is 9.84. The van der Waals surface area contributed by atoms with Crippen LogP contribution in [-0.4, -0.2) is 21.9 Å². The molecule has 17 heavy (non-hydrogen) atoms. The van der Waals surface area contributed by atoms with Crippen LogP contribution in [0.3, 0.4) is 0 Å². The maximum absolute atomic E-state index is 12.1. The van der Waals surface area contributed by atoms with Gasteiger partial charge in [0.2, 0.25) is 5.91 Å². The number of aromatic nitrogens is 1. The van der Waals surface area contributed by atoms with Gasteiger partial charge in [-0.15, -0.1) is 0 Å². The summed E-state index contributed by atoms with van der Waals surface area (Å²) in [6.07, 6.45) is 3.56. The highest BCUT2D eigenvalue weighted by Crippen LogP contribution is 2.23.